The van der Waals surface area contributed by atoms with Crippen LogP contribution in [0.15, 0.2) is 86.3 Å². The second-order valence-electron chi connectivity index (χ2n) is 17.6. The Morgan fingerprint density at radius 2 is 1.46 bits per heavy atom. The van der Waals surface area contributed by atoms with Gasteiger partial charge < -0.3 is 30.8 Å². The van der Waals surface area contributed by atoms with E-state index in [0.29, 0.717) is 35.6 Å². The number of carbonyl (C=O) groups excluding carboxylic acids is 3. The van der Waals surface area contributed by atoms with E-state index in [1.807, 2.05) is 36.6 Å². The number of hydrogen-bond donors (Lipinski definition) is 7. The van der Waals surface area contributed by atoms with E-state index in [-0.39, 0.29) is 46.0 Å². The van der Waals surface area contributed by atoms with E-state index in [0.717, 1.165) is 101 Å². The van der Waals surface area contributed by atoms with Crippen LogP contribution in [0.1, 0.15) is 87.3 Å². The minimum absolute atomic E-state index is 0.00660. The summed E-state index contributed by atoms with van der Waals surface area (Å²) in [4.78, 5) is 58.2. The largest absolute Gasteiger partial charge is 0.478 e. The lowest BCUT2D eigenvalue weighted by atomic mass is 9.89. The fourth-order valence-electron chi connectivity index (χ4n) is 9.37. The number of unbranched alkanes of at least 4 members (excludes halogenated alkanes) is 7. The van der Waals surface area contributed by atoms with E-state index in [1.165, 1.54) is 35.6 Å². The molecule has 1 saturated heterocycles. The van der Waals surface area contributed by atoms with Crippen molar-refractivity contribution < 1.29 is 54.6 Å². The summed E-state index contributed by atoms with van der Waals surface area (Å²) < 4.78 is 75.9. The van der Waals surface area contributed by atoms with E-state index < -0.39 is 69.9 Å². The van der Waals surface area contributed by atoms with Crippen molar-refractivity contribution in [2.75, 3.05) is 61.8 Å². The van der Waals surface area contributed by atoms with E-state index >= 15 is 0 Å². The minimum atomic E-state index is -5.18. The van der Waals surface area contributed by atoms with Gasteiger partial charge in [0.2, 0.25) is 5.91 Å². The Morgan fingerprint density at radius 3 is 2.15 bits per heavy atom. The number of nitrogens with two attached hydrogens (primary N) is 1. The van der Waals surface area contributed by atoms with Gasteiger partial charge in [-0.05, 0) is 80.4 Å². The van der Waals surface area contributed by atoms with Crippen LogP contribution in [0.4, 0.5) is 22.7 Å². The molecule has 0 bridgehead atoms. The second kappa shape index (κ2) is 21.1. The van der Waals surface area contributed by atoms with E-state index in [4.69, 9.17) is 15.6 Å². The maximum Gasteiger partial charge on any atom is 0.336 e. The highest BCUT2D eigenvalue weighted by atomic mass is 32.2. The second-order valence-corrected chi connectivity index (χ2v) is 21.4. The van der Waals surface area contributed by atoms with Crippen molar-refractivity contribution in [3.05, 3.63) is 99.0 Å². The minimum Gasteiger partial charge on any atom is -0.478 e. The van der Waals surface area contributed by atoms with Crippen LogP contribution in [0.5, 0.6) is 0 Å². The van der Waals surface area contributed by atoms with Crippen molar-refractivity contribution in [1.29, 1.82) is 5.41 Å². The molecule has 1 aromatic heterocycles. The first-order valence-electron chi connectivity index (χ1n) is 23.1. The van der Waals surface area contributed by atoms with E-state index in [2.05, 4.69) is 20.4 Å². The number of benzene rings is 4. The lowest BCUT2D eigenvalue weighted by molar-refractivity contribution is -0.119. The fraction of sp³-hybridized carbons (Fsp3) is 0.327. The first kappa shape index (κ1) is 50.8. The molecule has 22 heteroatoms. The normalized spacial score (nSPS) is 14.5. The number of nitrogens with one attached hydrogen (secondary N) is 3. The summed E-state index contributed by atoms with van der Waals surface area (Å²) in [5.41, 5.74) is 6.47. The summed E-state index contributed by atoms with van der Waals surface area (Å²) in [7, 11) is -10.3. The number of aryl methyl sites for hydroxylation is 1. The van der Waals surface area contributed by atoms with Crippen LogP contribution in [0, 0.1) is 12.3 Å². The average molecular weight is 1030 g/mol. The summed E-state index contributed by atoms with van der Waals surface area (Å²) in [6.07, 6.45) is 7.99. The Bertz CT molecular complexity index is 3330. The van der Waals surface area contributed by atoms with Gasteiger partial charge in [0, 0.05) is 65.1 Å². The van der Waals surface area contributed by atoms with Crippen molar-refractivity contribution >= 4 is 89.0 Å². The van der Waals surface area contributed by atoms with Gasteiger partial charge in [-0.3, -0.25) is 38.7 Å². The average Bonchev–Trinajstić information content (AvgIpc) is 3.64. The molecule has 0 unspecified atom stereocenters. The summed E-state index contributed by atoms with van der Waals surface area (Å²) in [5, 5.41) is 25.3. The molecular formula is C49H53N7O12S3. The van der Waals surface area contributed by atoms with Crippen LogP contribution in [0.25, 0.3) is 33.4 Å². The molecule has 4 aromatic rings. The van der Waals surface area contributed by atoms with Crippen LogP contribution in [0.3, 0.4) is 0 Å². The quantitative estimate of drug-likeness (QED) is 0.0193. The zero-order chi connectivity index (χ0) is 50.8. The van der Waals surface area contributed by atoms with Gasteiger partial charge in [-0.1, -0.05) is 56.7 Å². The summed E-state index contributed by atoms with van der Waals surface area (Å²) in [6, 6.07) is 15.9. The molecule has 19 nitrogen and oxygen atoms in total. The third kappa shape index (κ3) is 10.9. The van der Waals surface area contributed by atoms with Gasteiger partial charge in [0.15, 0.2) is 21.1 Å². The van der Waals surface area contributed by atoms with Crippen LogP contribution in [-0.4, -0.2) is 110 Å². The molecule has 0 radical (unpaired) electrons. The van der Waals surface area contributed by atoms with Gasteiger partial charge in [-0.2, -0.15) is 16.8 Å². The molecule has 8 rings (SSSR count). The SMILES string of the molecule is Cc1scc2c1N(C(=O)CN1CCN(CCCCCCCCCCNC(=O)c3ccc(-c4c5ccc(=N)c(S(=O)(=O)O)c-5oc5c(S(=O)(=O)O)c(N)ccc45)c(C(=O)O)c3)CC1)c1ccccc1NC2=O. The number of aromatic carboxylic acids is 1. The van der Waals surface area contributed by atoms with Gasteiger partial charge in [0.05, 0.1) is 45.8 Å². The number of carboxylic acids is 1. The highest BCUT2D eigenvalue weighted by Gasteiger charge is 2.34. The van der Waals surface area contributed by atoms with E-state index in [9.17, 15) is 50.2 Å². The maximum atomic E-state index is 13.9. The molecule has 8 N–H and O–H groups in total. The Labute approximate surface area is 413 Å². The van der Waals surface area contributed by atoms with Crippen molar-refractivity contribution in [2.45, 2.75) is 68.1 Å². The molecule has 1 fully saturated rings. The number of fused-ring (bicyclic) bond motifs is 4. The number of carbonyl (C=O) groups is 4. The number of para-hydroxylation sites is 2. The highest BCUT2D eigenvalue weighted by Crippen LogP contribution is 2.46. The van der Waals surface area contributed by atoms with Crippen molar-refractivity contribution in [2.24, 2.45) is 0 Å². The number of thiophene rings is 1. The number of carboxylic acid groups (broad SMARTS) is 1. The van der Waals surface area contributed by atoms with Gasteiger partial charge in [-0.15, -0.1) is 11.3 Å². The molecule has 71 heavy (non-hydrogen) atoms. The Hall–Kier alpha value is -6.53. The summed E-state index contributed by atoms with van der Waals surface area (Å²) >= 11 is 1.46. The molecule has 1 aliphatic carbocycles. The van der Waals surface area contributed by atoms with Gasteiger partial charge in [0.25, 0.3) is 32.1 Å². The molecule has 0 spiro atoms. The number of nitrogens with zero attached hydrogens (tertiary/aromatic N) is 3. The first-order valence-corrected chi connectivity index (χ1v) is 26.8. The van der Waals surface area contributed by atoms with Crippen LogP contribution < -0.4 is 26.6 Å². The first-order chi connectivity index (χ1) is 33.8. The molecule has 0 saturated carbocycles. The predicted octanol–water partition coefficient (Wildman–Crippen LogP) is 7.23. The number of anilines is 4. The summed E-state index contributed by atoms with van der Waals surface area (Å²) in [6.45, 7) is 6.86. The lowest BCUT2D eigenvalue weighted by Crippen LogP contribution is -2.49. The Balaban J connectivity index is 0.785. The highest BCUT2D eigenvalue weighted by molar-refractivity contribution is 7.86. The van der Waals surface area contributed by atoms with Gasteiger partial charge in [-0.25, -0.2) is 4.79 Å². The smallest absolute Gasteiger partial charge is 0.336 e. The molecule has 3 amide bonds. The van der Waals surface area contributed by atoms with Crippen molar-refractivity contribution in [3.8, 4) is 22.5 Å². The maximum absolute atomic E-state index is 13.9. The Kier molecular flexibility index (Phi) is 15.1. The lowest BCUT2D eigenvalue weighted by Gasteiger charge is -2.35. The number of piperazine rings is 1. The third-order valence-electron chi connectivity index (χ3n) is 12.9. The molecule has 3 aromatic carbocycles. The van der Waals surface area contributed by atoms with Crippen LogP contribution in [0.2, 0.25) is 0 Å². The van der Waals surface area contributed by atoms with Crippen molar-refractivity contribution in [1.82, 2.24) is 15.1 Å². The Morgan fingerprint density at radius 1 is 0.817 bits per heavy atom. The molecule has 4 heterocycles. The fourth-order valence-corrected chi connectivity index (χ4v) is 11.7. The molecule has 374 valence electrons. The predicted molar refractivity (Wildman–Crippen MR) is 268 cm³/mol. The molecular weight excluding hydrogens is 975 g/mol. The van der Waals surface area contributed by atoms with Crippen LogP contribution in [-0.2, 0) is 25.0 Å². The van der Waals surface area contributed by atoms with Gasteiger partial charge in [0.1, 0.15) is 0 Å². The topological polar surface area (TPSA) is 294 Å². The third-order valence-corrected chi connectivity index (χ3v) is 15.6. The van der Waals surface area contributed by atoms with Crippen molar-refractivity contribution in [3.63, 3.8) is 0 Å². The van der Waals surface area contributed by atoms with Crippen LogP contribution >= 0.6 is 11.3 Å². The standard InChI is InChI=1S/C49H53N7O12S3/c1-29-42-35(28-69-29)48(59)53-38-12-8-9-13-39(38)56(42)40(57)27-55-24-22-54(23-25-55)21-11-7-5-3-2-4-6-10-20-52-47(58)30-14-15-31(34(26-30)49(60)61)41-32-16-18-36(50)45(70(62,63)64)43(32)68-44-33(41)17-19-37(51)46(44)71(65,66)67/h8-9,12-19,26,28,50H,2-7,10-11,20-25,27,51H2,1H3,(H,52,58)(H,53,59)(H,60,61)(H,62,63,64)(H,65,66,67). The molecule has 3 aliphatic heterocycles. The monoisotopic (exact) mass is 1030 g/mol. The zero-order valence-electron chi connectivity index (χ0n) is 38.7. The number of nitrogen functional groups attached to an aromatic ring is 1. The van der Waals surface area contributed by atoms with E-state index in [1.54, 1.807) is 4.90 Å². The number of rotatable bonds is 18. The van der Waals surface area contributed by atoms with Gasteiger partial charge >= 0.3 is 5.97 Å². The number of amides is 3. The summed E-state index contributed by atoms with van der Waals surface area (Å²) in [5.74, 6) is -3.00. The molecule has 4 aliphatic rings. The zero-order valence-corrected chi connectivity index (χ0v) is 41.1. The molecule has 0 atom stereocenters. The number of hydrogen-bond acceptors (Lipinski definition) is 14.